The van der Waals surface area contributed by atoms with Crippen LogP contribution in [0.1, 0.15) is 96.0 Å². The summed E-state index contributed by atoms with van der Waals surface area (Å²) in [5.74, 6) is -1.10. The van der Waals surface area contributed by atoms with Crippen LogP contribution in [0.3, 0.4) is 0 Å². The predicted octanol–water partition coefficient (Wildman–Crippen LogP) is 1.54. The van der Waals surface area contributed by atoms with Gasteiger partial charge in [0, 0.05) is 35.7 Å². The van der Waals surface area contributed by atoms with Crippen molar-refractivity contribution in [2.24, 2.45) is 75.2 Å². The van der Waals surface area contributed by atoms with Crippen LogP contribution in [0.25, 0.3) is 0 Å². The van der Waals surface area contributed by atoms with Gasteiger partial charge in [0.25, 0.3) is 0 Å². The van der Waals surface area contributed by atoms with Crippen molar-refractivity contribution < 1.29 is 58.4 Å². The molecule has 0 aromatic heterocycles. The normalized spacial score (nSPS) is 43.2. The molecule has 1 aromatic carbocycles. The summed E-state index contributed by atoms with van der Waals surface area (Å²) in [5, 5.41) is 42.9. The van der Waals surface area contributed by atoms with E-state index in [-0.39, 0.29) is 53.2 Å². The number of carbonyl (C=O) groups is 7. The second-order valence-electron chi connectivity index (χ2n) is 22.8. The van der Waals surface area contributed by atoms with Crippen LogP contribution >= 0.6 is 0 Å². The van der Waals surface area contributed by atoms with E-state index < -0.39 is 89.6 Å². The van der Waals surface area contributed by atoms with E-state index in [0.717, 1.165) is 30.4 Å². The van der Waals surface area contributed by atoms with Gasteiger partial charge in [-0.2, -0.15) is 0 Å². The number of ether oxygens (including phenoxy) is 2. The van der Waals surface area contributed by atoms with Crippen molar-refractivity contribution in [1.29, 1.82) is 0 Å². The minimum atomic E-state index is -1.43. The number of carboxylic acid groups (broad SMARTS) is 1. The first kappa shape index (κ1) is 46.6. The van der Waals surface area contributed by atoms with Gasteiger partial charge in [-0.1, -0.05) is 49.8 Å². The van der Waals surface area contributed by atoms with E-state index in [1.54, 1.807) is 12.2 Å². The number of aliphatic carboxylic acids is 1. The third-order valence-electron chi connectivity index (χ3n) is 20.1. The molecule has 1 heterocycles. The first-order valence-corrected chi connectivity index (χ1v) is 25.2. The minimum absolute atomic E-state index is 0.00227. The number of hydrogen-bond donors (Lipinski definition) is 8. The zero-order valence-electron chi connectivity index (χ0n) is 39.4. The Morgan fingerprint density at radius 3 is 2.26 bits per heavy atom. The van der Waals surface area contributed by atoms with E-state index in [4.69, 9.17) is 15.2 Å². The fraction of sp³-hybridized carbons (Fsp3) is 0.673. The van der Waals surface area contributed by atoms with Crippen LogP contribution in [0.4, 0.5) is 0 Å². The second kappa shape index (κ2) is 16.1. The summed E-state index contributed by atoms with van der Waals surface area (Å²) >= 11 is 0. The second-order valence-corrected chi connectivity index (χ2v) is 22.8. The largest absolute Gasteiger partial charge is 0.481 e. The molecule has 0 bridgehead atoms. The van der Waals surface area contributed by atoms with E-state index in [9.17, 15) is 48.9 Å². The fourth-order valence-corrected chi connectivity index (χ4v) is 17.7. The van der Waals surface area contributed by atoms with Crippen molar-refractivity contribution in [3.8, 4) is 0 Å². The Balaban J connectivity index is 0.712. The molecule has 9 saturated carbocycles. The lowest BCUT2D eigenvalue weighted by Gasteiger charge is -3.11. The molecular weight excluding hydrogens is 887 g/mol. The number of aliphatic hydroxyl groups is 2. The number of ketones is 2. The number of benzene rings is 1. The maximum absolute atomic E-state index is 14.1. The number of Topliss-reactive ketones (excluding diaryl/α,β-unsaturated/α-hetero) is 1. The first-order chi connectivity index (χ1) is 32.9. The number of nitrogens with one attached hydrogen (secondary N) is 4. The third-order valence-corrected chi connectivity index (χ3v) is 20.1. The molecule has 1 aromatic rings. The topological polar surface area (TPSA) is 273 Å². The van der Waals surface area contributed by atoms with Crippen LogP contribution in [0.2, 0.25) is 0 Å². The minimum Gasteiger partial charge on any atom is -0.481 e. The Bertz CT molecular complexity index is 2420. The molecule has 0 spiro atoms. The molecule has 1 aliphatic heterocycles. The van der Waals surface area contributed by atoms with Crippen molar-refractivity contribution in [3.05, 3.63) is 59.2 Å². The van der Waals surface area contributed by atoms with Gasteiger partial charge in [0.2, 0.25) is 23.6 Å². The average Bonchev–Trinajstić information content (AvgIpc) is 3.82. The van der Waals surface area contributed by atoms with Gasteiger partial charge in [0.05, 0.1) is 24.3 Å². The molecule has 11 aliphatic rings. The first-order valence-electron chi connectivity index (χ1n) is 25.2. The van der Waals surface area contributed by atoms with Crippen LogP contribution in [-0.2, 0) is 49.5 Å². The maximum Gasteiger partial charge on any atom is 0.303 e. The molecule has 0 radical (unpaired) electrons. The lowest BCUT2D eigenvalue weighted by Crippen LogP contribution is -3.15. The highest BCUT2D eigenvalue weighted by Gasteiger charge is 3.09. The van der Waals surface area contributed by atoms with Crippen molar-refractivity contribution in [2.45, 2.75) is 127 Å². The highest BCUT2D eigenvalue weighted by Crippen LogP contribution is 3.07. The van der Waals surface area contributed by atoms with Crippen molar-refractivity contribution in [3.63, 3.8) is 0 Å². The summed E-state index contributed by atoms with van der Waals surface area (Å²) in [6.07, 6.45) is 7.60. The van der Waals surface area contributed by atoms with Crippen molar-refractivity contribution >= 4 is 41.2 Å². The van der Waals surface area contributed by atoms with Gasteiger partial charge >= 0.3 is 5.97 Å². The number of rotatable bonds is 19. The highest BCUT2D eigenvalue weighted by atomic mass is 16.7. The Labute approximate surface area is 400 Å². The monoisotopic (exact) mass is 951 g/mol. The average molecular weight is 952 g/mol. The lowest BCUT2D eigenvalue weighted by atomic mass is 8.94. The van der Waals surface area contributed by atoms with Gasteiger partial charge in [0.1, 0.15) is 18.7 Å². The molecular formula is C52H65N5O12. The summed E-state index contributed by atoms with van der Waals surface area (Å²) in [7, 11) is 0. The number of fused-ring (bicyclic) bond motifs is 7. The number of amides is 4. The van der Waals surface area contributed by atoms with Crippen LogP contribution in [-0.4, -0.2) is 112 Å². The van der Waals surface area contributed by atoms with Gasteiger partial charge < -0.3 is 51.8 Å². The molecule has 0 unspecified atom stereocenters. The zero-order valence-corrected chi connectivity index (χ0v) is 39.4. The number of nitrogens with two attached hydrogens (primary N) is 1. The number of aliphatic hydroxyl groups excluding tert-OH is 2. The van der Waals surface area contributed by atoms with Crippen LogP contribution in [0.15, 0.2) is 48.1 Å². The van der Waals surface area contributed by atoms with Crippen LogP contribution < -0.4 is 27.0 Å². The number of carboxylic acids is 1. The molecule has 17 nitrogen and oxygen atoms in total. The molecule has 17 heteroatoms. The van der Waals surface area contributed by atoms with E-state index >= 15 is 0 Å². The van der Waals surface area contributed by atoms with Gasteiger partial charge in [-0.15, -0.1) is 0 Å². The van der Waals surface area contributed by atoms with E-state index in [1.807, 2.05) is 25.1 Å². The molecule has 9 N–H and O–H groups in total. The van der Waals surface area contributed by atoms with Crippen molar-refractivity contribution in [1.82, 2.24) is 21.3 Å². The molecule has 1 saturated heterocycles. The maximum atomic E-state index is 14.1. The smallest absolute Gasteiger partial charge is 0.303 e. The van der Waals surface area contributed by atoms with E-state index in [2.05, 4.69) is 40.3 Å². The summed E-state index contributed by atoms with van der Waals surface area (Å²) in [4.78, 5) is 89.3. The molecule has 10 fully saturated rings. The number of unbranched alkanes of at least 4 members (excludes halogenated alkanes) is 1. The van der Waals surface area contributed by atoms with Crippen molar-refractivity contribution in [2.75, 3.05) is 19.7 Å². The Hall–Kier alpha value is -4.81. The molecule has 69 heavy (non-hydrogen) atoms. The number of allylic oxidation sites excluding steroid dienone is 4. The summed E-state index contributed by atoms with van der Waals surface area (Å²) < 4.78 is 13.5. The van der Waals surface area contributed by atoms with Gasteiger partial charge in [-0.3, -0.25) is 33.6 Å². The summed E-state index contributed by atoms with van der Waals surface area (Å²) in [6, 6.07) is 6.27. The molecule has 10 aliphatic carbocycles. The fourth-order valence-electron chi connectivity index (χ4n) is 17.7. The van der Waals surface area contributed by atoms with Gasteiger partial charge in [0.15, 0.2) is 23.5 Å². The lowest BCUT2D eigenvalue weighted by molar-refractivity contribution is -0.624. The SMILES string of the molecule is CC(=O)N[C@@H](CCCCN)C(=O)NCC(=O)N[C@@H](CCC(=O)O)C(=O)NC12C3C4C1C1C2C3C41Cc1ccc([C@@H]2O[C@@H]3C[C@H]4[C@@H]5CCC6=CC(=O)C=C[C@]6(C)[C@H]5[C@@H](O)C[C@]4(C)[C@]3(C(=O)CO)O2)cc1. The van der Waals surface area contributed by atoms with E-state index in [1.165, 1.54) is 12.5 Å². The number of hydrogen-bond acceptors (Lipinski definition) is 12. The quantitative estimate of drug-likeness (QED) is 0.0916. The standard InChI is InChI=1S/C52H65N5O12/c1-24(59)55-31(6-4-5-17-53)45(66)54-22-36(63)56-32(13-14-37(64)65)46(67)57-51-42-39-43(51)41-44(51)40(42)50(39,41)20-25-7-9-26(10-8-25)47-68-35-19-30-29-12-11-27-18-28(60)15-16-48(27,2)38(29)33(61)21-49(30,3)52(35,69-47)34(62)23-58/h7-10,15-16,18,29-33,35,38-44,47,58,61H,4-6,11-14,17,19-23,53H2,1-3H3,(H,54,66)(H,55,59)(H,56,63)(H,57,67)(H,64,65)/t29-,30-,31-,32-,33-,35+,38+,39?,40?,41?,42?,43?,44?,47+,48-,49-,50?,51?,52+/m0/s1. The third kappa shape index (κ3) is 6.15. The molecule has 11 atom stereocenters. The predicted molar refractivity (Wildman–Crippen MR) is 244 cm³/mol. The van der Waals surface area contributed by atoms with Crippen LogP contribution in [0.5, 0.6) is 0 Å². The Kier molecular flexibility index (Phi) is 10.9. The summed E-state index contributed by atoms with van der Waals surface area (Å²) in [6.45, 7) is 4.74. The highest BCUT2D eigenvalue weighted by molar-refractivity contribution is 6.01. The Morgan fingerprint density at radius 1 is 0.913 bits per heavy atom. The molecule has 12 rings (SSSR count). The Morgan fingerprint density at radius 2 is 1.61 bits per heavy atom. The molecule has 370 valence electrons. The summed E-state index contributed by atoms with van der Waals surface area (Å²) in [5.41, 5.74) is 5.77. The van der Waals surface area contributed by atoms with Gasteiger partial charge in [-0.05, 0) is 135 Å². The van der Waals surface area contributed by atoms with E-state index in [0.29, 0.717) is 74.2 Å². The number of carbonyl (C=O) groups excluding carboxylic acids is 6. The molecule has 4 amide bonds. The van der Waals surface area contributed by atoms with Gasteiger partial charge in [-0.25, -0.2) is 0 Å². The zero-order chi connectivity index (χ0) is 48.7. The van der Waals surface area contributed by atoms with Crippen LogP contribution in [0, 0.1) is 69.5 Å².